The van der Waals surface area contributed by atoms with E-state index in [1.54, 1.807) is 48.2 Å². The number of amides is 2. The number of carbonyl (C=O) groups excluding carboxylic acids is 2. The maximum Gasteiger partial charge on any atom is 0.273 e. The van der Waals surface area contributed by atoms with E-state index in [9.17, 15) is 19.7 Å². The van der Waals surface area contributed by atoms with Crippen molar-refractivity contribution >= 4 is 34.8 Å². The number of rotatable bonds is 5. The molecule has 7 nitrogen and oxygen atoms in total. The Labute approximate surface area is 161 Å². The van der Waals surface area contributed by atoms with Crippen molar-refractivity contribution in [2.45, 2.75) is 13.3 Å². The first kappa shape index (κ1) is 18.8. The van der Waals surface area contributed by atoms with Gasteiger partial charge in [0.25, 0.3) is 11.6 Å². The second-order valence-electron chi connectivity index (χ2n) is 6.52. The molecule has 8 heteroatoms. The Morgan fingerprint density at radius 3 is 2.67 bits per heavy atom. The summed E-state index contributed by atoms with van der Waals surface area (Å²) in [6.45, 7) is 2.43. The van der Waals surface area contributed by atoms with Gasteiger partial charge in [-0.15, -0.1) is 0 Å². The van der Waals surface area contributed by atoms with E-state index in [0.717, 1.165) is 5.69 Å². The van der Waals surface area contributed by atoms with Crippen LogP contribution in [0.25, 0.3) is 0 Å². The molecule has 0 saturated carbocycles. The highest BCUT2D eigenvalue weighted by Crippen LogP contribution is 2.26. The van der Waals surface area contributed by atoms with E-state index >= 15 is 0 Å². The van der Waals surface area contributed by atoms with Gasteiger partial charge in [0.1, 0.15) is 0 Å². The highest BCUT2D eigenvalue weighted by atomic mass is 35.5. The van der Waals surface area contributed by atoms with Crippen LogP contribution in [0.3, 0.4) is 0 Å². The van der Waals surface area contributed by atoms with Crippen LogP contribution in [-0.2, 0) is 4.79 Å². The molecule has 2 amide bonds. The Bertz CT molecular complexity index is 898. The van der Waals surface area contributed by atoms with Crippen LogP contribution in [0.4, 0.5) is 11.4 Å². The Hall–Kier alpha value is -2.93. The van der Waals surface area contributed by atoms with Gasteiger partial charge in [-0.05, 0) is 37.3 Å². The van der Waals surface area contributed by atoms with Gasteiger partial charge in [0.15, 0.2) is 0 Å². The second-order valence-corrected chi connectivity index (χ2v) is 6.96. The van der Waals surface area contributed by atoms with E-state index in [-0.39, 0.29) is 23.1 Å². The summed E-state index contributed by atoms with van der Waals surface area (Å²) < 4.78 is 0. The number of anilines is 1. The number of nitrogens with one attached hydrogen (secondary N) is 1. The lowest BCUT2D eigenvalue weighted by Crippen LogP contribution is -2.31. The van der Waals surface area contributed by atoms with Crippen LogP contribution < -0.4 is 10.2 Å². The number of halogens is 1. The summed E-state index contributed by atoms with van der Waals surface area (Å²) in [5.74, 6) is -0.435. The van der Waals surface area contributed by atoms with Gasteiger partial charge in [-0.25, -0.2) is 0 Å². The van der Waals surface area contributed by atoms with Gasteiger partial charge >= 0.3 is 0 Å². The monoisotopic (exact) mass is 387 g/mol. The van der Waals surface area contributed by atoms with E-state index < -0.39 is 10.8 Å². The van der Waals surface area contributed by atoms with Crippen LogP contribution in [0.15, 0.2) is 42.5 Å². The molecule has 140 valence electrons. The third-order valence-corrected chi connectivity index (χ3v) is 4.81. The molecule has 27 heavy (non-hydrogen) atoms. The molecule has 3 rings (SSSR count). The molecule has 1 heterocycles. The normalized spacial score (nSPS) is 16.4. The SMILES string of the molecule is Cc1ccc(C(=O)NC[C@@H]2CC(=O)N(c3ccc(Cl)cc3)C2)cc1[N+](=O)[O-]. The molecule has 0 aliphatic carbocycles. The summed E-state index contributed by atoms with van der Waals surface area (Å²) in [5.41, 5.74) is 1.41. The van der Waals surface area contributed by atoms with Crippen LogP contribution in [0, 0.1) is 23.0 Å². The molecule has 0 aromatic heterocycles. The molecule has 1 N–H and O–H groups in total. The molecule has 2 aromatic carbocycles. The number of carbonyl (C=O) groups is 2. The van der Waals surface area contributed by atoms with Gasteiger partial charge in [-0.2, -0.15) is 0 Å². The van der Waals surface area contributed by atoms with Crippen LogP contribution in [-0.4, -0.2) is 29.8 Å². The number of aryl methyl sites for hydroxylation is 1. The summed E-state index contributed by atoms with van der Waals surface area (Å²) in [4.78, 5) is 36.7. The summed E-state index contributed by atoms with van der Waals surface area (Å²) in [5, 5.41) is 14.4. The minimum Gasteiger partial charge on any atom is -0.352 e. The molecular weight excluding hydrogens is 370 g/mol. The Morgan fingerprint density at radius 1 is 1.30 bits per heavy atom. The van der Waals surface area contributed by atoms with Gasteiger partial charge in [0.2, 0.25) is 5.91 Å². The summed E-state index contributed by atoms with van der Waals surface area (Å²) in [7, 11) is 0. The average molecular weight is 388 g/mol. The largest absolute Gasteiger partial charge is 0.352 e. The van der Waals surface area contributed by atoms with Crippen LogP contribution >= 0.6 is 11.6 Å². The number of hydrogen-bond acceptors (Lipinski definition) is 4. The number of nitro benzene ring substituents is 1. The van der Waals surface area contributed by atoms with E-state index in [0.29, 0.717) is 30.1 Å². The smallest absolute Gasteiger partial charge is 0.273 e. The lowest BCUT2D eigenvalue weighted by atomic mass is 10.1. The number of benzene rings is 2. The molecule has 1 aliphatic heterocycles. The Morgan fingerprint density at radius 2 is 2.00 bits per heavy atom. The third kappa shape index (κ3) is 4.25. The van der Waals surface area contributed by atoms with Gasteiger partial charge in [0.05, 0.1) is 4.92 Å². The molecule has 0 spiro atoms. The molecule has 1 aliphatic rings. The fourth-order valence-electron chi connectivity index (χ4n) is 3.08. The zero-order valence-corrected chi connectivity index (χ0v) is 15.4. The van der Waals surface area contributed by atoms with Crippen molar-refractivity contribution in [3.05, 3.63) is 68.7 Å². The fraction of sp³-hybridized carbons (Fsp3) is 0.263. The molecule has 0 bridgehead atoms. The Kier molecular flexibility index (Phi) is 5.41. The van der Waals surface area contributed by atoms with Gasteiger partial charge < -0.3 is 10.2 Å². The molecule has 2 aromatic rings. The van der Waals surface area contributed by atoms with Crippen LogP contribution in [0.1, 0.15) is 22.3 Å². The predicted molar refractivity (Wildman–Crippen MR) is 102 cm³/mol. The molecule has 1 fully saturated rings. The van der Waals surface area contributed by atoms with Crippen molar-refractivity contribution in [1.29, 1.82) is 0 Å². The average Bonchev–Trinajstić information content (AvgIpc) is 3.01. The summed E-state index contributed by atoms with van der Waals surface area (Å²) >= 11 is 5.87. The molecule has 0 radical (unpaired) electrons. The van der Waals surface area contributed by atoms with Crippen LogP contribution in [0.2, 0.25) is 5.02 Å². The highest BCUT2D eigenvalue weighted by Gasteiger charge is 2.30. The van der Waals surface area contributed by atoms with Gasteiger partial charge in [0, 0.05) is 53.3 Å². The minimum absolute atomic E-state index is 0.0115. The van der Waals surface area contributed by atoms with Crippen molar-refractivity contribution in [3.8, 4) is 0 Å². The Balaban J connectivity index is 1.61. The number of hydrogen-bond donors (Lipinski definition) is 1. The second kappa shape index (κ2) is 7.75. The van der Waals surface area contributed by atoms with E-state index in [1.807, 2.05) is 0 Å². The highest BCUT2D eigenvalue weighted by molar-refractivity contribution is 6.30. The molecular formula is C19H18ClN3O4. The number of nitro groups is 1. The van der Waals surface area contributed by atoms with Crippen molar-refractivity contribution in [2.24, 2.45) is 5.92 Å². The quantitative estimate of drug-likeness (QED) is 0.629. The topological polar surface area (TPSA) is 92.6 Å². The van der Waals surface area contributed by atoms with E-state index in [2.05, 4.69) is 5.32 Å². The first-order valence-corrected chi connectivity index (χ1v) is 8.82. The maximum absolute atomic E-state index is 12.3. The maximum atomic E-state index is 12.3. The van der Waals surface area contributed by atoms with Crippen LogP contribution in [0.5, 0.6) is 0 Å². The standard InChI is InChI=1S/C19H18ClN3O4/c1-12-2-3-14(9-17(12)23(26)27)19(25)21-10-13-8-18(24)22(11-13)16-6-4-15(20)5-7-16/h2-7,9,13H,8,10-11H2,1H3,(H,21,25)/t13-/m0/s1. The van der Waals surface area contributed by atoms with E-state index in [4.69, 9.17) is 11.6 Å². The zero-order valence-electron chi connectivity index (χ0n) is 14.6. The number of nitrogens with zero attached hydrogens (tertiary/aromatic N) is 2. The third-order valence-electron chi connectivity index (χ3n) is 4.56. The van der Waals surface area contributed by atoms with Gasteiger partial charge in [-0.3, -0.25) is 19.7 Å². The molecule has 1 atom stereocenters. The zero-order chi connectivity index (χ0) is 19.6. The molecule has 1 saturated heterocycles. The lowest BCUT2D eigenvalue weighted by Gasteiger charge is -2.17. The van der Waals surface area contributed by atoms with Crippen molar-refractivity contribution in [1.82, 2.24) is 5.32 Å². The first-order valence-electron chi connectivity index (χ1n) is 8.44. The minimum atomic E-state index is -0.508. The van der Waals surface area contributed by atoms with Crippen molar-refractivity contribution in [2.75, 3.05) is 18.0 Å². The first-order chi connectivity index (χ1) is 12.8. The molecule has 0 unspecified atom stereocenters. The lowest BCUT2D eigenvalue weighted by molar-refractivity contribution is -0.385. The summed E-state index contributed by atoms with van der Waals surface area (Å²) in [6.07, 6.45) is 0.330. The van der Waals surface area contributed by atoms with Crippen molar-refractivity contribution < 1.29 is 14.5 Å². The van der Waals surface area contributed by atoms with Crippen molar-refractivity contribution in [3.63, 3.8) is 0 Å². The predicted octanol–water partition coefficient (Wildman–Crippen LogP) is 3.34. The fourth-order valence-corrected chi connectivity index (χ4v) is 3.20. The van der Waals surface area contributed by atoms with Gasteiger partial charge in [-0.1, -0.05) is 17.7 Å². The summed E-state index contributed by atoms with van der Waals surface area (Å²) in [6, 6.07) is 11.4. The van der Waals surface area contributed by atoms with E-state index in [1.165, 1.54) is 6.07 Å².